The fourth-order valence-electron chi connectivity index (χ4n) is 0.918. The second-order valence-electron chi connectivity index (χ2n) is 2.47. The molecule has 12 heavy (non-hydrogen) atoms. The lowest BCUT2D eigenvalue weighted by molar-refractivity contribution is 0.568. The molecule has 0 aromatic carbocycles. The van der Waals surface area contributed by atoms with E-state index in [-0.39, 0.29) is 0 Å². The zero-order chi connectivity index (χ0) is 8.55. The Morgan fingerprint density at radius 1 is 1.58 bits per heavy atom. The summed E-state index contributed by atoms with van der Waals surface area (Å²) in [7, 11) is 0. The molecule has 0 aliphatic rings. The number of rotatable bonds is 1. The van der Waals surface area contributed by atoms with Crippen LogP contribution in [0.2, 0.25) is 0 Å². The summed E-state index contributed by atoms with van der Waals surface area (Å²) < 4.78 is 4.94. The maximum absolute atomic E-state index is 5.62. The Morgan fingerprint density at radius 2 is 2.42 bits per heavy atom. The predicted octanol–water partition coefficient (Wildman–Crippen LogP) is 2.29. The van der Waals surface area contributed by atoms with Crippen LogP contribution < -0.4 is 5.73 Å². The predicted molar refractivity (Wildman–Crippen MR) is 49.0 cm³/mol. The van der Waals surface area contributed by atoms with Gasteiger partial charge in [0.05, 0.1) is 6.26 Å². The first-order valence-electron chi connectivity index (χ1n) is 3.53. The summed E-state index contributed by atoms with van der Waals surface area (Å²) in [5.74, 6) is 0.608. The molecule has 0 aliphatic carbocycles. The highest BCUT2D eigenvalue weighted by molar-refractivity contribution is 7.15. The first-order valence-corrected chi connectivity index (χ1v) is 4.34. The van der Waals surface area contributed by atoms with Gasteiger partial charge in [-0.15, -0.1) is 11.3 Å². The summed E-state index contributed by atoms with van der Waals surface area (Å²) in [5.41, 5.74) is 6.60. The molecule has 0 aliphatic heterocycles. The summed E-state index contributed by atoms with van der Waals surface area (Å²) >= 11 is 1.58. The third-order valence-electron chi connectivity index (χ3n) is 1.60. The van der Waals surface area contributed by atoms with E-state index in [0.717, 1.165) is 15.4 Å². The maximum Gasteiger partial charge on any atom is 0.138 e. The Kier molecular flexibility index (Phi) is 1.62. The van der Waals surface area contributed by atoms with Crippen LogP contribution >= 0.6 is 11.3 Å². The average molecular weight is 180 g/mol. The molecular formula is C8H8N2OS. The van der Waals surface area contributed by atoms with Crippen LogP contribution in [-0.4, -0.2) is 4.98 Å². The maximum atomic E-state index is 5.62. The van der Waals surface area contributed by atoms with E-state index in [1.807, 2.05) is 13.0 Å². The van der Waals surface area contributed by atoms with Crippen molar-refractivity contribution in [2.24, 2.45) is 0 Å². The van der Waals surface area contributed by atoms with Crippen molar-refractivity contribution < 1.29 is 4.42 Å². The van der Waals surface area contributed by atoms with E-state index in [2.05, 4.69) is 4.98 Å². The van der Waals surface area contributed by atoms with E-state index in [9.17, 15) is 0 Å². The molecule has 2 rings (SSSR count). The van der Waals surface area contributed by atoms with Crippen molar-refractivity contribution in [3.8, 4) is 10.6 Å². The van der Waals surface area contributed by atoms with Crippen molar-refractivity contribution in [2.45, 2.75) is 6.92 Å². The van der Waals surface area contributed by atoms with Crippen molar-refractivity contribution in [1.29, 1.82) is 0 Å². The van der Waals surface area contributed by atoms with Crippen LogP contribution in [0.25, 0.3) is 10.6 Å². The van der Waals surface area contributed by atoms with Gasteiger partial charge in [0.2, 0.25) is 0 Å². The van der Waals surface area contributed by atoms with Gasteiger partial charge in [-0.05, 0) is 13.0 Å². The lowest BCUT2D eigenvalue weighted by Gasteiger charge is -1.83. The Hall–Kier alpha value is -1.29. The van der Waals surface area contributed by atoms with E-state index in [0.29, 0.717) is 5.82 Å². The van der Waals surface area contributed by atoms with Crippen LogP contribution in [0.1, 0.15) is 4.88 Å². The molecule has 0 unspecified atom stereocenters. The Labute approximate surface area is 73.8 Å². The molecule has 0 spiro atoms. The molecule has 0 radical (unpaired) electrons. The van der Waals surface area contributed by atoms with E-state index < -0.39 is 0 Å². The van der Waals surface area contributed by atoms with Gasteiger partial charge in [0.25, 0.3) is 0 Å². The standard InChI is InChI=1S/C8H8N2OS/c1-5-7(9)10-8(12-5)6-2-3-11-4-6/h2-4H,9H2,1H3. The number of aryl methyl sites for hydroxylation is 1. The van der Waals surface area contributed by atoms with Gasteiger partial charge in [-0.25, -0.2) is 4.98 Å². The molecule has 2 N–H and O–H groups in total. The minimum absolute atomic E-state index is 0.608. The number of nitrogens with zero attached hydrogens (tertiary/aromatic N) is 1. The zero-order valence-electron chi connectivity index (χ0n) is 6.57. The molecule has 3 nitrogen and oxygen atoms in total. The summed E-state index contributed by atoms with van der Waals surface area (Å²) in [6.07, 6.45) is 3.29. The van der Waals surface area contributed by atoms with E-state index in [1.54, 1.807) is 23.9 Å². The molecule has 2 aromatic heterocycles. The van der Waals surface area contributed by atoms with Crippen molar-refractivity contribution in [2.75, 3.05) is 5.73 Å². The fraction of sp³-hybridized carbons (Fsp3) is 0.125. The highest BCUT2D eigenvalue weighted by Crippen LogP contribution is 2.28. The van der Waals surface area contributed by atoms with Crippen molar-refractivity contribution in [3.05, 3.63) is 23.5 Å². The quantitative estimate of drug-likeness (QED) is 0.732. The van der Waals surface area contributed by atoms with E-state index in [1.165, 1.54) is 0 Å². The van der Waals surface area contributed by atoms with Crippen LogP contribution in [-0.2, 0) is 0 Å². The number of aromatic nitrogens is 1. The number of hydrogen-bond donors (Lipinski definition) is 1. The van der Waals surface area contributed by atoms with Gasteiger partial charge in [0.15, 0.2) is 0 Å². The third-order valence-corrected chi connectivity index (χ3v) is 2.64. The summed E-state index contributed by atoms with van der Waals surface area (Å²) in [6, 6.07) is 1.87. The number of furan rings is 1. The fourth-order valence-corrected chi connectivity index (χ4v) is 1.74. The van der Waals surface area contributed by atoms with Crippen molar-refractivity contribution in [3.63, 3.8) is 0 Å². The monoisotopic (exact) mass is 180 g/mol. The van der Waals surface area contributed by atoms with Gasteiger partial charge in [0, 0.05) is 10.4 Å². The number of nitrogen functional groups attached to an aromatic ring is 1. The molecule has 0 amide bonds. The minimum atomic E-state index is 0.608. The van der Waals surface area contributed by atoms with Crippen molar-refractivity contribution >= 4 is 17.2 Å². The Bertz CT molecular complexity index is 358. The van der Waals surface area contributed by atoms with Gasteiger partial charge < -0.3 is 10.2 Å². The molecule has 2 heterocycles. The molecule has 4 heteroatoms. The molecule has 2 aromatic rings. The Balaban J connectivity index is 2.48. The van der Waals surface area contributed by atoms with Gasteiger partial charge >= 0.3 is 0 Å². The molecular weight excluding hydrogens is 172 g/mol. The summed E-state index contributed by atoms with van der Waals surface area (Å²) in [6.45, 7) is 1.95. The number of anilines is 1. The third kappa shape index (κ3) is 1.10. The highest BCUT2D eigenvalue weighted by Gasteiger charge is 2.06. The van der Waals surface area contributed by atoms with Gasteiger partial charge in [-0.2, -0.15) is 0 Å². The second-order valence-corrected chi connectivity index (χ2v) is 3.68. The minimum Gasteiger partial charge on any atom is -0.472 e. The van der Waals surface area contributed by atoms with Crippen LogP contribution in [0.4, 0.5) is 5.82 Å². The molecule has 62 valence electrons. The van der Waals surface area contributed by atoms with Gasteiger partial charge in [-0.3, -0.25) is 0 Å². The zero-order valence-corrected chi connectivity index (χ0v) is 7.39. The topological polar surface area (TPSA) is 52.0 Å². The summed E-state index contributed by atoms with van der Waals surface area (Å²) in [4.78, 5) is 5.24. The number of nitrogens with two attached hydrogens (primary N) is 1. The second kappa shape index (κ2) is 2.64. The molecule has 0 atom stereocenters. The molecule has 0 saturated heterocycles. The smallest absolute Gasteiger partial charge is 0.138 e. The Morgan fingerprint density at radius 3 is 2.92 bits per heavy atom. The van der Waals surface area contributed by atoms with E-state index >= 15 is 0 Å². The lowest BCUT2D eigenvalue weighted by atomic mass is 10.4. The number of thiazole rings is 1. The molecule has 0 fully saturated rings. The average Bonchev–Trinajstić information content (AvgIpc) is 2.61. The molecule has 0 bridgehead atoms. The first kappa shape index (κ1) is 7.36. The van der Waals surface area contributed by atoms with Crippen LogP contribution in [0.3, 0.4) is 0 Å². The summed E-state index contributed by atoms with van der Waals surface area (Å²) in [5, 5.41) is 0.916. The lowest BCUT2D eigenvalue weighted by Crippen LogP contribution is -1.85. The first-order chi connectivity index (χ1) is 5.77. The normalized spacial score (nSPS) is 10.4. The van der Waals surface area contributed by atoms with Crippen LogP contribution in [0, 0.1) is 6.92 Å². The van der Waals surface area contributed by atoms with Crippen LogP contribution in [0.15, 0.2) is 23.0 Å². The van der Waals surface area contributed by atoms with Crippen LogP contribution in [0.5, 0.6) is 0 Å². The van der Waals surface area contributed by atoms with Gasteiger partial charge in [-0.1, -0.05) is 0 Å². The largest absolute Gasteiger partial charge is 0.472 e. The molecule has 0 saturated carbocycles. The van der Waals surface area contributed by atoms with E-state index in [4.69, 9.17) is 10.2 Å². The SMILES string of the molecule is Cc1sc(-c2ccoc2)nc1N. The van der Waals surface area contributed by atoms with Crippen molar-refractivity contribution in [1.82, 2.24) is 4.98 Å². The van der Waals surface area contributed by atoms with Gasteiger partial charge in [0.1, 0.15) is 17.1 Å². The highest BCUT2D eigenvalue weighted by atomic mass is 32.1. The number of hydrogen-bond acceptors (Lipinski definition) is 4.